The molecule has 0 amide bonds. The molecule has 0 unspecified atom stereocenters. The van der Waals surface area contributed by atoms with E-state index in [2.05, 4.69) is 31.4 Å². The minimum atomic E-state index is 0.484. The SMILES string of the molecule is Nc1csc(NN=Cc2ccc(Oc3ccccc3)c(Br)c2)n1. The molecular weight excluding hydrogens is 376 g/mol. The number of thiazole rings is 1. The number of hydrazone groups is 1. The largest absolute Gasteiger partial charge is 0.456 e. The topological polar surface area (TPSA) is 72.5 Å². The third-order valence-corrected chi connectivity index (χ3v) is 4.21. The highest BCUT2D eigenvalue weighted by atomic mass is 79.9. The summed E-state index contributed by atoms with van der Waals surface area (Å²) in [6.07, 6.45) is 1.70. The lowest BCUT2D eigenvalue weighted by Crippen LogP contribution is -1.92. The molecule has 2 aromatic carbocycles. The number of nitrogens with zero attached hydrogens (tertiary/aromatic N) is 2. The average molecular weight is 389 g/mol. The summed E-state index contributed by atoms with van der Waals surface area (Å²) in [7, 11) is 0. The molecule has 3 aromatic rings. The van der Waals surface area contributed by atoms with Gasteiger partial charge in [-0.05, 0) is 51.8 Å². The molecule has 0 spiro atoms. The zero-order valence-electron chi connectivity index (χ0n) is 11.9. The molecule has 0 radical (unpaired) electrons. The van der Waals surface area contributed by atoms with Gasteiger partial charge in [-0.15, -0.1) is 11.3 Å². The summed E-state index contributed by atoms with van der Waals surface area (Å²) in [5.74, 6) is 2.02. The molecule has 7 heteroatoms. The Balaban J connectivity index is 1.66. The number of ether oxygens (including phenoxy) is 1. The van der Waals surface area contributed by atoms with Crippen LogP contribution in [0.2, 0.25) is 0 Å². The van der Waals surface area contributed by atoms with Gasteiger partial charge < -0.3 is 10.5 Å². The quantitative estimate of drug-likeness (QED) is 0.489. The normalized spacial score (nSPS) is 10.8. The van der Waals surface area contributed by atoms with Gasteiger partial charge in [-0.25, -0.2) is 4.98 Å². The zero-order valence-corrected chi connectivity index (χ0v) is 14.3. The molecule has 1 heterocycles. The maximum atomic E-state index is 5.81. The average Bonchev–Trinajstić information content (AvgIpc) is 2.96. The van der Waals surface area contributed by atoms with Gasteiger partial charge in [-0.3, -0.25) is 5.43 Å². The Kier molecular flexibility index (Phi) is 4.89. The van der Waals surface area contributed by atoms with Crippen molar-refractivity contribution in [3.8, 4) is 11.5 Å². The molecule has 0 atom stereocenters. The standard InChI is InChI=1S/C16H13BrN4OS/c17-13-8-11(9-19-21-16-20-15(18)10-23-16)6-7-14(13)22-12-4-2-1-3-5-12/h1-10H,18H2,(H,20,21). The van der Waals surface area contributed by atoms with Crippen LogP contribution in [0, 0.1) is 0 Å². The smallest absolute Gasteiger partial charge is 0.205 e. The van der Waals surface area contributed by atoms with Crippen molar-refractivity contribution in [3.05, 3.63) is 63.9 Å². The van der Waals surface area contributed by atoms with Crippen molar-refractivity contribution in [2.45, 2.75) is 0 Å². The Labute approximate surface area is 146 Å². The van der Waals surface area contributed by atoms with Crippen LogP contribution in [0.1, 0.15) is 5.56 Å². The number of nitrogens with two attached hydrogens (primary N) is 1. The summed E-state index contributed by atoms with van der Waals surface area (Å²) in [4.78, 5) is 4.06. The fourth-order valence-electron chi connectivity index (χ4n) is 1.80. The van der Waals surface area contributed by atoms with Gasteiger partial charge in [0.2, 0.25) is 5.13 Å². The molecule has 0 saturated heterocycles. The Morgan fingerprint density at radius 3 is 2.74 bits per heavy atom. The van der Waals surface area contributed by atoms with Gasteiger partial charge >= 0.3 is 0 Å². The molecule has 0 aliphatic carbocycles. The number of benzene rings is 2. The molecule has 3 N–H and O–H groups in total. The predicted octanol–water partition coefficient (Wildman–Crippen LogP) is 4.73. The monoisotopic (exact) mass is 388 g/mol. The van der Waals surface area contributed by atoms with Gasteiger partial charge in [0, 0.05) is 5.38 Å². The molecule has 3 rings (SSSR count). The van der Waals surface area contributed by atoms with E-state index in [0.29, 0.717) is 10.9 Å². The second-order valence-electron chi connectivity index (χ2n) is 4.55. The second kappa shape index (κ2) is 7.26. The molecule has 0 aliphatic heterocycles. The number of halogens is 1. The van der Waals surface area contributed by atoms with Crippen LogP contribution in [0.5, 0.6) is 11.5 Å². The molecular formula is C16H13BrN4OS. The molecule has 116 valence electrons. The predicted molar refractivity (Wildman–Crippen MR) is 98.4 cm³/mol. The lowest BCUT2D eigenvalue weighted by atomic mass is 10.2. The molecule has 1 aromatic heterocycles. The third kappa shape index (κ3) is 4.30. The summed E-state index contributed by atoms with van der Waals surface area (Å²) in [6, 6.07) is 15.4. The lowest BCUT2D eigenvalue weighted by molar-refractivity contribution is 0.479. The Morgan fingerprint density at radius 1 is 1.22 bits per heavy atom. The Hall–Kier alpha value is -2.38. The van der Waals surface area contributed by atoms with E-state index in [1.807, 2.05) is 48.5 Å². The number of hydrogen-bond donors (Lipinski definition) is 2. The van der Waals surface area contributed by atoms with Gasteiger partial charge in [0.05, 0.1) is 10.7 Å². The highest BCUT2D eigenvalue weighted by Crippen LogP contribution is 2.30. The number of para-hydroxylation sites is 1. The summed E-state index contributed by atoms with van der Waals surface area (Å²) in [5.41, 5.74) is 9.31. The van der Waals surface area contributed by atoms with Gasteiger partial charge in [0.15, 0.2) is 0 Å². The second-order valence-corrected chi connectivity index (χ2v) is 6.26. The zero-order chi connectivity index (χ0) is 16.1. The summed E-state index contributed by atoms with van der Waals surface area (Å²) < 4.78 is 6.66. The van der Waals surface area contributed by atoms with Crippen molar-refractivity contribution in [1.29, 1.82) is 0 Å². The molecule has 0 aliphatic rings. The molecule has 0 bridgehead atoms. The summed E-state index contributed by atoms with van der Waals surface area (Å²) in [5, 5.41) is 6.54. The first kappa shape index (κ1) is 15.5. The van der Waals surface area contributed by atoms with E-state index >= 15 is 0 Å². The first-order valence-corrected chi connectivity index (χ1v) is 8.40. The fourth-order valence-corrected chi connectivity index (χ4v) is 2.82. The van der Waals surface area contributed by atoms with E-state index in [1.165, 1.54) is 11.3 Å². The van der Waals surface area contributed by atoms with E-state index in [9.17, 15) is 0 Å². The molecule has 0 fully saturated rings. The highest BCUT2D eigenvalue weighted by Gasteiger charge is 2.03. The van der Waals surface area contributed by atoms with Crippen LogP contribution in [-0.2, 0) is 0 Å². The van der Waals surface area contributed by atoms with E-state index in [4.69, 9.17) is 10.5 Å². The number of aromatic nitrogens is 1. The first-order valence-electron chi connectivity index (χ1n) is 6.73. The van der Waals surface area contributed by atoms with Crippen LogP contribution in [0.3, 0.4) is 0 Å². The number of nitrogen functional groups attached to an aromatic ring is 1. The molecule has 5 nitrogen and oxygen atoms in total. The van der Waals surface area contributed by atoms with E-state index in [0.717, 1.165) is 21.5 Å². The van der Waals surface area contributed by atoms with E-state index in [-0.39, 0.29) is 0 Å². The summed E-state index contributed by atoms with van der Waals surface area (Å²) >= 11 is 4.91. The number of hydrogen-bond acceptors (Lipinski definition) is 6. The van der Waals surface area contributed by atoms with Crippen LogP contribution in [0.25, 0.3) is 0 Å². The first-order chi connectivity index (χ1) is 11.2. The van der Waals surface area contributed by atoms with E-state index < -0.39 is 0 Å². The fraction of sp³-hybridized carbons (Fsp3) is 0. The van der Waals surface area contributed by atoms with Crippen molar-refractivity contribution in [1.82, 2.24) is 4.98 Å². The van der Waals surface area contributed by atoms with Crippen molar-refractivity contribution in [2.24, 2.45) is 5.10 Å². The van der Waals surface area contributed by atoms with Crippen LogP contribution in [-0.4, -0.2) is 11.2 Å². The maximum Gasteiger partial charge on any atom is 0.205 e. The Morgan fingerprint density at radius 2 is 2.04 bits per heavy atom. The Bertz CT molecular complexity index is 820. The molecule has 23 heavy (non-hydrogen) atoms. The van der Waals surface area contributed by atoms with Crippen molar-refractivity contribution < 1.29 is 4.74 Å². The minimum Gasteiger partial charge on any atom is -0.456 e. The number of nitrogens with one attached hydrogen (secondary N) is 1. The number of rotatable bonds is 5. The van der Waals surface area contributed by atoms with Crippen molar-refractivity contribution in [3.63, 3.8) is 0 Å². The third-order valence-electron chi connectivity index (χ3n) is 2.82. The highest BCUT2D eigenvalue weighted by molar-refractivity contribution is 9.10. The van der Waals surface area contributed by atoms with Crippen LogP contribution in [0.15, 0.2) is 63.5 Å². The van der Waals surface area contributed by atoms with Gasteiger partial charge in [-0.1, -0.05) is 18.2 Å². The van der Waals surface area contributed by atoms with Gasteiger partial charge in [0.25, 0.3) is 0 Å². The van der Waals surface area contributed by atoms with Gasteiger partial charge in [0.1, 0.15) is 17.3 Å². The summed E-state index contributed by atoms with van der Waals surface area (Å²) in [6.45, 7) is 0. The van der Waals surface area contributed by atoms with Gasteiger partial charge in [-0.2, -0.15) is 5.10 Å². The van der Waals surface area contributed by atoms with E-state index in [1.54, 1.807) is 11.6 Å². The maximum absolute atomic E-state index is 5.81. The van der Waals surface area contributed by atoms with Crippen LogP contribution < -0.4 is 15.9 Å². The molecule has 0 saturated carbocycles. The minimum absolute atomic E-state index is 0.484. The van der Waals surface area contributed by atoms with Crippen molar-refractivity contribution >= 4 is 44.4 Å². The number of anilines is 2. The van der Waals surface area contributed by atoms with Crippen LogP contribution in [0.4, 0.5) is 10.9 Å². The van der Waals surface area contributed by atoms with Crippen molar-refractivity contribution in [2.75, 3.05) is 11.2 Å². The van der Waals surface area contributed by atoms with Crippen LogP contribution >= 0.6 is 27.3 Å². The lowest BCUT2D eigenvalue weighted by Gasteiger charge is -2.08.